The predicted octanol–water partition coefficient (Wildman–Crippen LogP) is 1.95. The number of hydrogen-bond donors (Lipinski definition) is 2. The van der Waals surface area contributed by atoms with Crippen LogP contribution in [0.5, 0.6) is 5.75 Å². The van der Waals surface area contributed by atoms with E-state index in [1.807, 2.05) is 19.1 Å². The molecule has 98 valence electrons. The van der Waals surface area contributed by atoms with Crippen LogP contribution in [0, 0.1) is 6.92 Å². The number of nitrogens with zero attached hydrogens (tertiary/aromatic N) is 1. The average molecular weight is 258 g/mol. The number of ether oxygens (including phenoxy) is 1. The van der Waals surface area contributed by atoms with Gasteiger partial charge in [0.1, 0.15) is 5.75 Å². The molecule has 3 rings (SSSR count). The second-order valence-corrected chi connectivity index (χ2v) is 4.67. The summed E-state index contributed by atoms with van der Waals surface area (Å²) in [5.74, 6) is 0.0725. The van der Waals surface area contributed by atoms with Gasteiger partial charge in [0.2, 0.25) is 0 Å². The molecule has 0 bridgehead atoms. The van der Waals surface area contributed by atoms with Gasteiger partial charge >= 0.3 is 5.97 Å². The van der Waals surface area contributed by atoms with Gasteiger partial charge in [-0.1, -0.05) is 0 Å². The van der Waals surface area contributed by atoms with Crippen LogP contribution in [0.3, 0.4) is 0 Å². The summed E-state index contributed by atoms with van der Waals surface area (Å²) in [6.07, 6.45) is 0.877. The van der Waals surface area contributed by atoms with Crippen LogP contribution in [0.25, 0.3) is 11.3 Å². The molecule has 1 aliphatic rings. The fourth-order valence-corrected chi connectivity index (χ4v) is 2.37. The fraction of sp³-hybridized carbons (Fsp3) is 0.286. The molecule has 1 aliphatic heterocycles. The number of aromatic amines is 1. The van der Waals surface area contributed by atoms with Crippen LogP contribution in [-0.4, -0.2) is 27.9 Å². The Bertz CT molecular complexity index is 646. The lowest BCUT2D eigenvalue weighted by Gasteiger charge is -2.03. The molecule has 19 heavy (non-hydrogen) atoms. The predicted molar refractivity (Wildman–Crippen MR) is 69.3 cm³/mol. The fourth-order valence-electron chi connectivity index (χ4n) is 2.37. The zero-order valence-corrected chi connectivity index (χ0v) is 10.6. The molecule has 0 fully saturated rings. The summed E-state index contributed by atoms with van der Waals surface area (Å²) in [5.41, 5.74) is 4.53. The van der Waals surface area contributed by atoms with Crippen molar-refractivity contribution in [1.82, 2.24) is 10.2 Å². The van der Waals surface area contributed by atoms with Gasteiger partial charge in [0, 0.05) is 17.7 Å². The Balaban J connectivity index is 1.98. The molecule has 2 heterocycles. The van der Waals surface area contributed by atoms with Crippen molar-refractivity contribution in [2.24, 2.45) is 0 Å². The number of fused-ring (bicyclic) bond motifs is 1. The first kappa shape index (κ1) is 11.8. The summed E-state index contributed by atoms with van der Waals surface area (Å²) in [5, 5.41) is 15.9. The second-order valence-electron chi connectivity index (χ2n) is 4.67. The van der Waals surface area contributed by atoms with Crippen molar-refractivity contribution in [1.29, 1.82) is 0 Å². The number of H-pyrrole nitrogens is 1. The van der Waals surface area contributed by atoms with E-state index in [1.54, 1.807) is 0 Å². The van der Waals surface area contributed by atoms with Crippen molar-refractivity contribution in [3.8, 4) is 17.0 Å². The number of aliphatic carboxylic acids is 1. The van der Waals surface area contributed by atoms with Crippen LogP contribution in [-0.2, 0) is 17.6 Å². The van der Waals surface area contributed by atoms with E-state index in [2.05, 4.69) is 16.3 Å². The smallest absolute Gasteiger partial charge is 0.309 e. The minimum atomic E-state index is -0.861. The normalized spacial score (nSPS) is 13.1. The van der Waals surface area contributed by atoms with Gasteiger partial charge in [0.25, 0.3) is 0 Å². The largest absolute Gasteiger partial charge is 0.493 e. The highest BCUT2D eigenvalue weighted by molar-refractivity contribution is 5.72. The van der Waals surface area contributed by atoms with Gasteiger partial charge in [-0.25, -0.2) is 0 Å². The van der Waals surface area contributed by atoms with Crippen LogP contribution in [0.2, 0.25) is 0 Å². The van der Waals surface area contributed by atoms with E-state index in [4.69, 9.17) is 9.84 Å². The molecule has 1 aromatic heterocycles. The van der Waals surface area contributed by atoms with Crippen LogP contribution in [0.1, 0.15) is 16.8 Å². The summed E-state index contributed by atoms with van der Waals surface area (Å²) in [4.78, 5) is 10.8. The third-order valence-electron chi connectivity index (χ3n) is 3.40. The quantitative estimate of drug-likeness (QED) is 0.882. The maximum Gasteiger partial charge on any atom is 0.309 e. The average Bonchev–Trinajstić information content (AvgIpc) is 2.96. The lowest BCUT2D eigenvalue weighted by Crippen LogP contribution is -2.01. The highest BCUT2D eigenvalue weighted by Gasteiger charge is 2.17. The third-order valence-corrected chi connectivity index (χ3v) is 3.40. The zero-order chi connectivity index (χ0) is 13.4. The van der Waals surface area contributed by atoms with Crippen molar-refractivity contribution in [2.45, 2.75) is 19.8 Å². The number of nitrogens with one attached hydrogen (secondary N) is 1. The Morgan fingerprint density at radius 2 is 2.37 bits per heavy atom. The number of carboxylic acids is 1. The van der Waals surface area contributed by atoms with Gasteiger partial charge in [-0.2, -0.15) is 5.10 Å². The highest BCUT2D eigenvalue weighted by atomic mass is 16.5. The van der Waals surface area contributed by atoms with Crippen LogP contribution in [0.4, 0.5) is 0 Å². The van der Waals surface area contributed by atoms with Crippen LogP contribution < -0.4 is 4.74 Å². The van der Waals surface area contributed by atoms with Gasteiger partial charge in [0.15, 0.2) is 0 Å². The molecule has 0 atom stereocenters. The third kappa shape index (κ3) is 2.07. The first-order valence-electron chi connectivity index (χ1n) is 6.17. The first-order chi connectivity index (χ1) is 9.15. The van der Waals surface area contributed by atoms with Crippen molar-refractivity contribution < 1.29 is 14.6 Å². The Morgan fingerprint density at radius 3 is 3.16 bits per heavy atom. The van der Waals surface area contributed by atoms with Gasteiger partial charge in [-0.15, -0.1) is 0 Å². The summed E-state index contributed by atoms with van der Waals surface area (Å²) in [6.45, 7) is 2.61. The Morgan fingerprint density at radius 1 is 1.53 bits per heavy atom. The summed E-state index contributed by atoms with van der Waals surface area (Å²) in [7, 11) is 0. The monoisotopic (exact) mass is 258 g/mol. The molecule has 0 aliphatic carbocycles. The lowest BCUT2D eigenvalue weighted by atomic mass is 10.0. The van der Waals surface area contributed by atoms with E-state index < -0.39 is 5.97 Å². The minimum absolute atomic E-state index is 0.0348. The highest BCUT2D eigenvalue weighted by Crippen LogP contribution is 2.31. The molecule has 0 saturated carbocycles. The molecule has 0 amide bonds. The number of hydrogen-bond acceptors (Lipinski definition) is 3. The molecule has 0 spiro atoms. The first-order valence-corrected chi connectivity index (χ1v) is 6.17. The molecule has 0 unspecified atom stereocenters. The zero-order valence-electron chi connectivity index (χ0n) is 10.6. The van der Waals surface area contributed by atoms with Crippen molar-refractivity contribution in [3.63, 3.8) is 0 Å². The summed E-state index contributed by atoms with van der Waals surface area (Å²) >= 11 is 0. The van der Waals surface area contributed by atoms with Crippen LogP contribution >= 0.6 is 0 Å². The minimum Gasteiger partial charge on any atom is -0.493 e. The number of carbonyl (C=O) groups is 1. The molecule has 0 saturated heterocycles. The van der Waals surface area contributed by atoms with E-state index in [1.165, 1.54) is 5.56 Å². The van der Waals surface area contributed by atoms with E-state index in [9.17, 15) is 4.79 Å². The Hall–Kier alpha value is -2.30. The van der Waals surface area contributed by atoms with E-state index in [0.717, 1.165) is 35.6 Å². The molecule has 0 radical (unpaired) electrons. The molecular formula is C14H14N2O3. The second kappa shape index (κ2) is 4.42. The molecule has 2 N–H and O–H groups in total. The molecule has 2 aromatic rings. The molecule has 1 aromatic carbocycles. The topological polar surface area (TPSA) is 75.2 Å². The van der Waals surface area contributed by atoms with Gasteiger partial charge < -0.3 is 9.84 Å². The molecule has 5 nitrogen and oxygen atoms in total. The number of benzene rings is 1. The Labute approximate surface area is 110 Å². The Kier molecular flexibility index (Phi) is 2.74. The SMILES string of the molecule is Cc1c(-c2ccc3c(c2)CCO3)n[nH]c1CC(=O)O. The molecular weight excluding hydrogens is 244 g/mol. The van der Waals surface area contributed by atoms with Gasteiger partial charge in [0.05, 0.1) is 18.7 Å². The number of rotatable bonds is 3. The summed E-state index contributed by atoms with van der Waals surface area (Å²) < 4.78 is 5.47. The molecule has 5 heteroatoms. The maximum atomic E-state index is 10.8. The van der Waals surface area contributed by atoms with Crippen molar-refractivity contribution >= 4 is 5.97 Å². The standard InChI is InChI=1S/C14H14N2O3/c1-8-11(7-13(17)18)15-16-14(8)10-2-3-12-9(6-10)4-5-19-12/h2-3,6H,4-5,7H2,1H3,(H,15,16)(H,17,18). The summed E-state index contributed by atoms with van der Waals surface area (Å²) in [6, 6.07) is 5.97. The van der Waals surface area contributed by atoms with E-state index in [-0.39, 0.29) is 6.42 Å². The van der Waals surface area contributed by atoms with Crippen molar-refractivity contribution in [3.05, 3.63) is 35.0 Å². The van der Waals surface area contributed by atoms with Gasteiger partial charge in [-0.05, 0) is 36.2 Å². The van der Waals surface area contributed by atoms with Gasteiger partial charge in [-0.3, -0.25) is 9.89 Å². The van der Waals surface area contributed by atoms with Crippen molar-refractivity contribution in [2.75, 3.05) is 6.61 Å². The lowest BCUT2D eigenvalue weighted by molar-refractivity contribution is -0.136. The van der Waals surface area contributed by atoms with E-state index in [0.29, 0.717) is 5.69 Å². The van der Waals surface area contributed by atoms with Crippen LogP contribution in [0.15, 0.2) is 18.2 Å². The number of carboxylic acid groups (broad SMARTS) is 1. The number of aromatic nitrogens is 2. The maximum absolute atomic E-state index is 10.8. The van der Waals surface area contributed by atoms with E-state index >= 15 is 0 Å².